The largest absolute Gasteiger partial charge is 4.00 e. The number of fused-ring (bicyclic) bond motifs is 1. The van der Waals surface area contributed by atoms with Gasteiger partial charge in [0.15, 0.2) is 0 Å². The van der Waals surface area contributed by atoms with Crippen LogP contribution in [-0.4, -0.2) is 4.98 Å². The van der Waals surface area contributed by atoms with Crippen LogP contribution in [0.25, 0.3) is 10.9 Å². The van der Waals surface area contributed by atoms with E-state index in [0.717, 1.165) is 0 Å². The third-order valence-electron chi connectivity index (χ3n) is 3.17. The topological polar surface area (TPSA) is 15.8 Å². The van der Waals surface area contributed by atoms with Gasteiger partial charge in [-0.1, -0.05) is 39.8 Å². The molecule has 0 spiro atoms. The number of rotatable bonds is 0. The maximum atomic E-state index is 3.10. The Kier molecular flexibility index (Phi) is 11.9. The van der Waals surface area contributed by atoms with Crippen molar-refractivity contribution in [2.45, 2.75) is 27.7 Å². The van der Waals surface area contributed by atoms with Crippen LogP contribution in [0.2, 0.25) is 0 Å². The van der Waals surface area contributed by atoms with E-state index in [9.17, 15) is 0 Å². The molecule has 0 atom stereocenters. The number of halogens is 2. The second-order valence-corrected chi connectivity index (χ2v) is 4.96. The van der Waals surface area contributed by atoms with Crippen molar-refractivity contribution in [3.8, 4) is 0 Å². The molecule has 0 saturated heterocycles. The van der Waals surface area contributed by atoms with Crippen molar-refractivity contribution >= 4 is 10.9 Å². The third kappa shape index (κ3) is 5.91. The molecule has 1 nitrogen and oxygen atoms in total. The van der Waals surface area contributed by atoms with E-state index in [1.165, 1.54) is 33.2 Å². The van der Waals surface area contributed by atoms with Crippen LogP contribution in [0.1, 0.15) is 25.0 Å². The number of aryl methyl sites for hydroxylation is 2. The van der Waals surface area contributed by atoms with Gasteiger partial charge in [0, 0.05) is 0 Å². The van der Waals surface area contributed by atoms with E-state index in [4.69, 9.17) is 0 Å². The van der Waals surface area contributed by atoms with Gasteiger partial charge in [0.05, 0.1) is 0 Å². The maximum Gasteiger partial charge on any atom is 4.00 e. The Labute approximate surface area is 164 Å². The van der Waals surface area contributed by atoms with Crippen molar-refractivity contribution in [2.75, 3.05) is 0 Å². The zero-order valence-electron chi connectivity index (χ0n) is 13.2. The average molecular weight is 411 g/mol. The summed E-state index contributed by atoms with van der Waals surface area (Å²) >= 11 is 0. The summed E-state index contributed by atoms with van der Waals surface area (Å²) in [4.78, 5) is 3.10. The number of hydrogen-bond donors (Lipinski definition) is 1. The molecule has 0 unspecified atom stereocenters. The fraction of sp³-hybridized carbons (Fsp3) is 0.222. The zero-order chi connectivity index (χ0) is 13.8. The number of allylic oxidation sites excluding steroid dienone is 6. The van der Waals surface area contributed by atoms with E-state index in [-0.39, 0.29) is 51.0 Å². The predicted octanol–water partition coefficient (Wildman–Crippen LogP) is -1.16. The molecule has 0 fully saturated rings. The van der Waals surface area contributed by atoms with Gasteiger partial charge in [-0.15, -0.1) is 40.4 Å². The van der Waals surface area contributed by atoms with Crippen LogP contribution in [0.4, 0.5) is 0 Å². The molecule has 22 heavy (non-hydrogen) atoms. The molecule has 0 aliphatic heterocycles. The molecule has 0 bridgehead atoms. The van der Waals surface area contributed by atoms with Gasteiger partial charge < -0.3 is 29.8 Å². The first-order valence-corrected chi connectivity index (χ1v) is 6.49. The molecule has 0 saturated carbocycles. The van der Waals surface area contributed by atoms with Gasteiger partial charge in [-0.05, 0) is 0 Å². The van der Waals surface area contributed by atoms with Crippen molar-refractivity contribution in [2.24, 2.45) is 0 Å². The molecule has 1 aromatic heterocycles. The monoisotopic (exact) mass is 409 g/mol. The first kappa shape index (κ1) is 23.7. The van der Waals surface area contributed by atoms with Crippen LogP contribution in [0.15, 0.2) is 47.6 Å². The Bertz CT molecular complexity index is 663. The van der Waals surface area contributed by atoms with Crippen LogP contribution in [0, 0.1) is 26.1 Å². The Hall–Kier alpha value is -0.557. The number of H-pyrrole nitrogens is 1. The summed E-state index contributed by atoms with van der Waals surface area (Å²) in [5.41, 5.74) is 6.26. The molecule has 4 heteroatoms. The van der Waals surface area contributed by atoms with E-state index in [1.807, 2.05) is 12.2 Å². The minimum Gasteiger partial charge on any atom is -1.00 e. The van der Waals surface area contributed by atoms with Crippen LogP contribution in [0.5, 0.6) is 0 Å². The third-order valence-corrected chi connectivity index (χ3v) is 3.17. The van der Waals surface area contributed by atoms with E-state index < -0.39 is 0 Å². The molecular formula is C18H19Cl2NZr. The fourth-order valence-electron chi connectivity index (χ4n) is 2.13. The molecule has 1 aromatic carbocycles. The molecule has 1 aliphatic carbocycles. The summed E-state index contributed by atoms with van der Waals surface area (Å²) in [6, 6.07) is 6.25. The van der Waals surface area contributed by atoms with Crippen molar-refractivity contribution in [1.29, 1.82) is 0 Å². The van der Waals surface area contributed by atoms with Gasteiger partial charge >= 0.3 is 26.2 Å². The van der Waals surface area contributed by atoms with Gasteiger partial charge in [-0.25, -0.2) is 0 Å². The maximum absolute atomic E-state index is 3.10. The number of aromatic amines is 1. The standard InChI is InChI=1S/C10H10N.C8H9.2ClH.Zr/c1-7-4-3-5-9-10(7)8(2)6-11-9;1-7(2)8-5-3-4-6-8;;;/h3-5,11H,1-2H3;3-5H,1-2H3;2*1H;/q2*-1;;;+4/p-2. The predicted molar refractivity (Wildman–Crippen MR) is 81.9 cm³/mol. The summed E-state index contributed by atoms with van der Waals surface area (Å²) in [6.07, 6.45) is 12.2. The summed E-state index contributed by atoms with van der Waals surface area (Å²) in [7, 11) is 0. The van der Waals surface area contributed by atoms with E-state index in [1.54, 1.807) is 0 Å². The first-order valence-electron chi connectivity index (χ1n) is 6.49. The van der Waals surface area contributed by atoms with Gasteiger partial charge in [-0.2, -0.15) is 29.4 Å². The number of aromatic nitrogens is 1. The molecule has 0 radical (unpaired) electrons. The molecule has 3 rings (SSSR count). The summed E-state index contributed by atoms with van der Waals surface area (Å²) in [5, 5.41) is 1.31. The summed E-state index contributed by atoms with van der Waals surface area (Å²) < 4.78 is 0. The minimum atomic E-state index is 0. The van der Waals surface area contributed by atoms with E-state index in [0.29, 0.717) is 0 Å². The van der Waals surface area contributed by atoms with Crippen LogP contribution < -0.4 is 24.8 Å². The number of benzene rings is 1. The quantitative estimate of drug-likeness (QED) is 0.527. The Morgan fingerprint density at radius 1 is 1.09 bits per heavy atom. The van der Waals surface area contributed by atoms with Gasteiger partial charge in [0.1, 0.15) is 0 Å². The van der Waals surface area contributed by atoms with Crippen LogP contribution >= 0.6 is 0 Å². The molecule has 114 valence electrons. The van der Waals surface area contributed by atoms with Crippen LogP contribution in [-0.2, 0) is 26.2 Å². The van der Waals surface area contributed by atoms with Crippen molar-refractivity contribution in [3.63, 3.8) is 0 Å². The van der Waals surface area contributed by atoms with E-state index in [2.05, 4.69) is 69.2 Å². The van der Waals surface area contributed by atoms with Crippen molar-refractivity contribution < 1.29 is 51.0 Å². The molecular weight excluding hydrogens is 392 g/mol. The zero-order valence-corrected chi connectivity index (χ0v) is 17.2. The second-order valence-electron chi connectivity index (χ2n) is 4.96. The minimum absolute atomic E-state index is 0. The van der Waals surface area contributed by atoms with Gasteiger partial charge in [-0.3, -0.25) is 0 Å². The fourth-order valence-corrected chi connectivity index (χ4v) is 2.13. The number of nitrogens with one attached hydrogen (secondary N) is 1. The molecule has 0 amide bonds. The smallest absolute Gasteiger partial charge is 1.00 e. The molecule has 2 aromatic rings. The normalized spacial score (nSPS) is 11.0. The molecule has 1 N–H and O–H groups in total. The van der Waals surface area contributed by atoms with Gasteiger partial charge in [0.2, 0.25) is 0 Å². The van der Waals surface area contributed by atoms with E-state index >= 15 is 0 Å². The molecule has 1 aliphatic rings. The molecule has 1 heterocycles. The van der Waals surface area contributed by atoms with Crippen molar-refractivity contribution in [3.05, 3.63) is 71.0 Å². The Morgan fingerprint density at radius 3 is 2.23 bits per heavy atom. The summed E-state index contributed by atoms with van der Waals surface area (Å²) in [5.74, 6) is 0. The average Bonchev–Trinajstić information content (AvgIpc) is 3.00. The summed E-state index contributed by atoms with van der Waals surface area (Å²) in [6.45, 7) is 8.38. The van der Waals surface area contributed by atoms with Crippen molar-refractivity contribution in [1.82, 2.24) is 4.98 Å². The Balaban J connectivity index is 0. The Morgan fingerprint density at radius 2 is 1.77 bits per heavy atom. The SMILES string of the molecule is CC(C)=C1[C-]=CC=C1.Cc1[c-][nH]c2cccc(C)c12.[Cl-].[Cl-].[Zr+4]. The second kappa shape index (κ2) is 11.1. The van der Waals surface area contributed by atoms with Gasteiger partial charge in [0.25, 0.3) is 0 Å². The number of hydrogen-bond acceptors (Lipinski definition) is 0. The first-order chi connectivity index (χ1) is 9.09. The van der Waals surface area contributed by atoms with Crippen LogP contribution in [0.3, 0.4) is 0 Å².